The van der Waals surface area contributed by atoms with E-state index in [-0.39, 0.29) is 24.0 Å². The van der Waals surface area contributed by atoms with Crippen LogP contribution in [0.2, 0.25) is 0 Å². The minimum absolute atomic E-state index is 0.00263. The zero-order valence-electron chi connectivity index (χ0n) is 16.1. The molecule has 0 spiro atoms. The number of aliphatic carboxylic acids is 1. The zero-order valence-corrected chi connectivity index (χ0v) is 16.1. The molecular weight excluding hydrogens is 342 g/mol. The number of hydrogen-bond donors (Lipinski definition) is 2. The molecule has 0 bridgehead atoms. The van der Waals surface area contributed by atoms with Crippen molar-refractivity contribution < 1.29 is 14.7 Å². The number of carbonyl (C=O) groups excluding carboxylic acids is 1. The number of nitrogens with zero attached hydrogens (tertiary/aromatic N) is 2. The van der Waals surface area contributed by atoms with E-state index in [0.29, 0.717) is 12.8 Å². The van der Waals surface area contributed by atoms with E-state index in [9.17, 15) is 9.59 Å². The van der Waals surface area contributed by atoms with Crippen LogP contribution in [0.4, 0.5) is 4.79 Å². The summed E-state index contributed by atoms with van der Waals surface area (Å²) >= 11 is 0. The summed E-state index contributed by atoms with van der Waals surface area (Å²) in [5.41, 5.74) is 1.30. The lowest BCUT2D eigenvalue weighted by Crippen LogP contribution is -2.50. The summed E-state index contributed by atoms with van der Waals surface area (Å²) in [6.45, 7) is 5.66. The van der Waals surface area contributed by atoms with E-state index in [4.69, 9.17) is 5.11 Å². The van der Waals surface area contributed by atoms with Crippen molar-refractivity contribution in [2.45, 2.75) is 57.7 Å². The lowest BCUT2D eigenvalue weighted by molar-refractivity contribution is -0.142. The van der Waals surface area contributed by atoms with Crippen LogP contribution >= 0.6 is 0 Å². The largest absolute Gasteiger partial charge is 0.481 e. The number of rotatable bonds is 4. The second-order valence-electron chi connectivity index (χ2n) is 7.95. The van der Waals surface area contributed by atoms with Crippen LogP contribution in [-0.4, -0.2) is 58.6 Å². The number of carbonyl (C=O) groups is 2. The summed E-state index contributed by atoms with van der Waals surface area (Å²) < 4.78 is 0. The monoisotopic (exact) mass is 373 g/mol. The highest BCUT2D eigenvalue weighted by molar-refractivity contribution is 5.75. The normalized spacial score (nSPS) is 27.0. The number of nitrogens with one attached hydrogen (secondary N) is 1. The average Bonchev–Trinajstić information content (AvgIpc) is 2.84. The Balaban J connectivity index is 1.50. The Bertz CT molecular complexity index is 629. The van der Waals surface area contributed by atoms with Crippen molar-refractivity contribution >= 4 is 12.0 Å². The number of carboxylic acids is 1. The van der Waals surface area contributed by atoms with Gasteiger partial charge in [-0.3, -0.25) is 9.69 Å². The second-order valence-corrected chi connectivity index (χ2v) is 7.95. The predicted octanol–water partition coefficient (Wildman–Crippen LogP) is 2.94. The molecule has 1 atom stereocenters. The molecule has 1 aromatic rings. The highest BCUT2D eigenvalue weighted by Crippen LogP contribution is 2.25. The van der Waals surface area contributed by atoms with E-state index >= 15 is 0 Å². The Morgan fingerprint density at radius 1 is 1.11 bits per heavy atom. The van der Waals surface area contributed by atoms with Gasteiger partial charge in [0.2, 0.25) is 0 Å². The van der Waals surface area contributed by atoms with Crippen LogP contribution in [0.3, 0.4) is 0 Å². The first-order chi connectivity index (χ1) is 13.0. The van der Waals surface area contributed by atoms with Crippen LogP contribution in [0.5, 0.6) is 0 Å². The smallest absolute Gasteiger partial charge is 0.317 e. The Labute approximate surface area is 161 Å². The molecule has 1 aliphatic carbocycles. The van der Waals surface area contributed by atoms with Gasteiger partial charge in [0.05, 0.1) is 5.92 Å². The van der Waals surface area contributed by atoms with E-state index < -0.39 is 5.97 Å². The molecule has 1 saturated heterocycles. The molecule has 2 aliphatic rings. The minimum atomic E-state index is -0.709. The number of benzene rings is 1. The van der Waals surface area contributed by atoms with Gasteiger partial charge in [-0.15, -0.1) is 0 Å². The van der Waals surface area contributed by atoms with Gasteiger partial charge in [0, 0.05) is 38.3 Å². The summed E-state index contributed by atoms with van der Waals surface area (Å²) in [5.74, 6) is -0.957. The highest BCUT2D eigenvalue weighted by atomic mass is 16.4. The summed E-state index contributed by atoms with van der Waals surface area (Å²) in [6.07, 6.45) is 3.79. The molecule has 6 nitrogen and oxygen atoms in total. The van der Waals surface area contributed by atoms with Crippen molar-refractivity contribution in [3.63, 3.8) is 0 Å². The Morgan fingerprint density at radius 3 is 2.48 bits per heavy atom. The van der Waals surface area contributed by atoms with E-state index in [2.05, 4.69) is 41.4 Å². The SMILES string of the molecule is CC1CN(Cc2ccccc2)CCCN1C(=O)NC1CCC(C(=O)O)CC1. The molecule has 2 fully saturated rings. The zero-order chi connectivity index (χ0) is 19.2. The number of carboxylic acid groups (broad SMARTS) is 1. The van der Waals surface area contributed by atoms with Gasteiger partial charge >= 0.3 is 12.0 Å². The van der Waals surface area contributed by atoms with E-state index in [0.717, 1.165) is 45.4 Å². The fourth-order valence-corrected chi connectivity index (χ4v) is 4.28. The molecule has 1 aliphatic heterocycles. The molecule has 148 valence electrons. The molecule has 6 heteroatoms. The van der Waals surface area contributed by atoms with Gasteiger partial charge in [-0.05, 0) is 44.6 Å². The van der Waals surface area contributed by atoms with Gasteiger partial charge in [0.25, 0.3) is 0 Å². The van der Waals surface area contributed by atoms with Crippen molar-refractivity contribution in [2.75, 3.05) is 19.6 Å². The van der Waals surface area contributed by atoms with Crippen LogP contribution in [0.15, 0.2) is 30.3 Å². The van der Waals surface area contributed by atoms with Crippen molar-refractivity contribution in [3.05, 3.63) is 35.9 Å². The third-order valence-electron chi connectivity index (χ3n) is 5.84. The summed E-state index contributed by atoms with van der Waals surface area (Å²) in [6, 6.07) is 10.7. The Morgan fingerprint density at radius 2 is 1.81 bits per heavy atom. The molecule has 0 aromatic heterocycles. The molecule has 1 saturated carbocycles. The fraction of sp³-hybridized carbons (Fsp3) is 0.619. The number of amides is 2. The van der Waals surface area contributed by atoms with Gasteiger partial charge in [-0.25, -0.2) is 4.79 Å². The Kier molecular flexibility index (Phi) is 6.72. The predicted molar refractivity (Wildman–Crippen MR) is 104 cm³/mol. The maximum absolute atomic E-state index is 12.8. The third-order valence-corrected chi connectivity index (χ3v) is 5.84. The van der Waals surface area contributed by atoms with Gasteiger partial charge in [-0.2, -0.15) is 0 Å². The van der Waals surface area contributed by atoms with Gasteiger partial charge in [0.15, 0.2) is 0 Å². The molecule has 1 unspecified atom stereocenters. The number of hydrogen-bond acceptors (Lipinski definition) is 3. The Hall–Kier alpha value is -2.08. The first-order valence-corrected chi connectivity index (χ1v) is 10.1. The third kappa shape index (κ3) is 5.45. The van der Waals surface area contributed by atoms with Crippen LogP contribution in [-0.2, 0) is 11.3 Å². The van der Waals surface area contributed by atoms with E-state index in [1.54, 1.807) is 0 Å². The second kappa shape index (κ2) is 9.22. The van der Waals surface area contributed by atoms with Gasteiger partial charge in [-0.1, -0.05) is 30.3 Å². The summed E-state index contributed by atoms with van der Waals surface area (Å²) in [7, 11) is 0. The lowest BCUT2D eigenvalue weighted by atomic mass is 9.86. The van der Waals surface area contributed by atoms with Crippen molar-refractivity contribution in [1.82, 2.24) is 15.1 Å². The molecule has 3 rings (SSSR count). The molecule has 2 N–H and O–H groups in total. The molecule has 1 heterocycles. The van der Waals surface area contributed by atoms with Crippen molar-refractivity contribution in [3.8, 4) is 0 Å². The first kappa shape index (κ1) is 19.7. The van der Waals surface area contributed by atoms with E-state index in [1.165, 1.54) is 5.56 Å². The highest BCUT2D eigenvalue weighted by Gasteiger charge is 2.30. The van der Waals surface area contributed by atoms with E-state index in [1.807, 2.05) is 11.0 Å². The van der Waals surface area contributed by atoms with Gasteiger partial charge in [0.1, 0.15) is 0 Å². The summed E-state index contributed by atoms with van der Waals surface area (Å²) in [4.78, 5) is 28.2. The quantitative estimate of drug-likeness (QED) is 0.851. The molecule has 1 aromatic carbocycles. The fourth-order valence-electron chi connectivity index (χ4n) is 4.28. The van der Waals surface area contributed by atoms with Crippen LogP contribution in [0.1, 0.15) is 44.6 Å². The maximum atomic E-state index is 12.8. The first-order valence-electron chi connectivity index (χ1n) is 10.1. The van der Waals surface area contributed by atoms with Crippen LogP contribution in [0, 0.1) is 5.92 Å². The van der Waals surface area contributed by atoms with Crippen LogP contribution < -0.4 is 5.32 Å². The topological polar surface area (TPSA) is 72.9 Å². The number of urea groups is 1. The standard InChI is InChI=1S/C21H31N3O3/c1-16-14-23(15-17-6-3-2-4-7-17)12-5-13-24(16)21(27)22-19-10-8-18(9-11-19)20(25)26/h2-4,6-7,16,18-19H,5,8-15H2,1H3,(H,22,27)(H,25,26). The van der Waals surface area contributed by atoms with Gasteiger partial charge < -0.3 is 15.3 Å². The minimum Gasteiger partial charge on any atom is -0.481 e. The molecular formula is C21H31N3O3. The average molecular weight is 373 g/mol. The molecule has 2 amide bonds. The molecule has 27 heavy (non-hydrogen) atoms. The van der Waals surface area contributed by atoms with Crippen LogP contribution in [0.25, 0.3) is 0 Å². The maximum Gasteiger partial charge on any atom is 0.317 e. The summed E-state index contributed by atoms with van der Waals surface area (Å²) in [5, 5.41) is 12.3. The lowest BCUT2D eigenvalue weighted by Gasteiger charge is -2.33. The van der Waals surface area contributed by atoms with Crippen molar-refractivity contribution in [2.24, 2.45) is 5.92 Å². The van der Waals surface area contributed by atoms with Crippen molar-refractivity contribution in [1.29, 1.82) is 0 Å². The molecule has 0 radical (unpaired) electrons.